The van der Waals surface area contributed by atoms with Gasteiger partial charge in [0.2, 0.25) is 5.91 Å². The van der Waals surface area contributed by atoms with Crippen molar-refractivity contribution in [2.45, 2.75) is 31.2 Å². The molecule has 2 rings (SSSR count). The largest absolute Gasteiger partial charge is 0.368 e. The third-order valence-electron chi connectivity index (χ3n) is 3.95. The van der Waals surface area contributed by atoms with E-state index in [1.165, 1.54) is 12.8 Å². The summed E-state index contributed by atoms with van der Waals surface area (Å²) >= 11 is 0. The summed E-state index contributed by atoms with van der Waals surface area (Å²) in [6.45, 7) is 1.85. The second kappa shape index (κ2) is 4.34. The van der Waals surface area contributed by atoms with E-state index in [1.54, 1.807) is 0 Å². The maximum absolute atomic E-state index is 11.7. The van der Waals surface area contributed by atoms with Crippen molar-refractivity contribution in [2.75, 3.05) is 27.2 Å². The van der Waals surface area contributed by atoms with Crippen molar-refractivity contribution in [1.29, 1.82) is 0 Å². The van der Waals surface area contributed by atoms with Crippen molar-refractivity contribution in [2.24, 2.45) is 17.6 Å². The van der Waals surface area contributed by atoms with E-state index in [9.17, 15) is 4.79 Å². The van der Waals surface area contributed by atoms with Crippen LogP contribution in [-0.4, -0.2) is 43.5 Å². The molecule has 2 aliphatic rings. The van der Waals surface area contributed by atoms with E-state index in [1.807, 2.05) is 7.05 Å². The van der Waals surface area contributed by atoms with Gasteiger partial charge in [-0.25, -0.2) is 0 Å². The number of amides is 1. The van der Waals surface area contributed by atoms with Crippen molar-refractivity contribution in [1.82, 2.24) is 10.2 Å². The Hall–Kier alpha value is -0.610. The number of nitrogens with two attached hydrogens (primary N) is 1. The van der Waals surface area contributed by atoms with Crippen LogP contribution in [-0.2, 0) is 4.79 Å². The third kappa shape index (κ3) is 2.38. The van der Waals surface area contributed by atoms with E-state index in [0.29, 0.717) is 5.92 Å². The fourth-order valence-electron chi connectivity index (χ4n) is 2.62. The second-order valence-electron chi connectivity index (χ2n) is 5.50. The monoisotopic (exact) mass is 225 g/mol. The second-order valence-corrected chi connectivity index (χ2v) is 5.50. The number of carbonyl (C=O) groups excluding carboxylic acids is 1. The fraction of sp³-hybridized carbons (Fsp3) is 0.917. The zero-order chi connectivity index (χ0) is 11.8. The molecule has 0 heterocycles. The van der Waals surface area contributed by atoms with Crippen LogP contribution in [0.3, 0.4) is 0 Å². The van der Waals surface area contributed by atoms with Crippen molar-refractivity contribution in [3.8, 4) is 0 Å². The first-order chi connectivity index (χ1) is 7.58. The van der Waals surface area contributed by atoms with Crippen LogP contribution in [0.2, 0.25) is 0 Å². The maximum Gasteiger partial charge on any atom is 0.239 e. The zero-order valence-corrected chi connectivity index (χ0v) is 10.3. The Morgan fingerprint density at radius 2 is 2.06 bits per heavy atom. The Kier molecular flexibility index (Phi) is 3.22. The van der Waals surface area contributed by atoms with E-state index in [2.05, 4.69) is 17.3 Å². The molecule has 0 saturated heterocycles. The summed E-state index contributed by atoms with van der Waals surface area (Å²) in [7, 11) is 3.95. The number of nitrogens with zero attached hydrogens (tertiary/aromatic N) is 1. The molecule has 92 valence electrons. The minimum Gasteiger partial charge on any atom is -0.368 e. The van der Waals surface area contributed by atoms with Crippen molar-refractivity contribution >= 4 is 5.91 Å². The maximum atomic E-state index is 11.7. The molecule has 0 spiro atoms. The number of nitrogens with one attached hydrogen (secondary N) is 1. The third-order valence-corrected chi connectivity index (χ3v) is 3.95. The molecule has 2 saturated carbocycles. The molecule has 1 atom stereocenters. The van der Waals surface area contributed by atoms with Gasteiger partial charge < -0.3 is 16.0 Å². The van der Waals surface area contributed by atoms with Crippen molar-refractivity contribution in [3.63, 3.8) is 0 Å². The van der Waals surface area contributed by atoms with Crippen LogP contribution in [0.15, 0.2) is 0 Å². The summed E-state index contributed by atoms with van der Waals surface area (Å²) in [5.74, 6) is 1.10. The molecule has 0 radical (unpaired) electrons. The molecule has 0 aliphatic heterocycles. The number of likely N-dealkylation sites (N-methyl/N-ethyl adjacent to an activating group) is 2. The summed E-state index contributed by atoms with van der Waals surface area (Å²) in [6.07, 6.45) is 4.94. The molecular formula is C12H23N3O. The van der Waals surface area contributed by atoms with Gasteiger partial charge in [-0.2, -0.15) is 0 Å². The average molecular weight is 225 g/mol. The molecular weight excluding hydrogens is 202 g/mol. The molecule has 0 bridgehead atoms. The molecule has 0 aromatic carbocycles. The van der Waals surface area contributed by atoms with Crippen LogP contribution in [0.4, 0.5) is 0 Å². The minimum atomic E-state index is -0.496. The van der Waals surface area contributed by atoms with Gasteiger partial charge in [-0.1, -0.05) is 0 Å². The Balaban J connectivity index is 1.96. The first-order valence-corrected chi connectivity index (χ1v) is 6.26. The van der Waals surface area contributed by atoms with Gasteiger partial charge >= 0.3 is 0 Å². The van der Waals surface area contributed by atoms with E-state index < -0.39 is 5.54 Å². The topological polar surface area (TPSA) is 58.4 Å². The van der Waals surface area contributed by atoms with Crippen LogP contribution in [0.1, 0.15) is 25.7 Å². The molecule has 4 nitrogen and oxygen atoms in total. The van der Waals surface area contributed by atoms with Gasteiger partial charge in [0.05, 0.1) is 0 Å². The van der Waals surface area contributed by atoms with E-state index >= 15 is 0 Å². The summed E-state index contributed by atoms with van der Waals surface area (Å²) in [5.41, 5.74) is 5.09. The number of carbonyl (C=O) groups is 1. The van der Waals surface area contributed by atoms with Gasteiger partial charge in [0, 0.05) is 13.1 Å². The smallest absolute Gasteiger partial charge is 0.239 e. The highest BCUT2D eigenvalue weighted by atomic mass is 16.1. The molecule has 2 aliphatic carbocycles. The van der Waals surface area contributed by atoms with Gasteiger partial charge in [0.25, 0.3) is 0 Å². The van der Waals surface area contributed by atoms with E-state index in [4.69, 9.17) is 5.73 Å². The number of hydrogen-bond donors (Lipinski definition) is 2. The Morgan fingerprint density at radius 1 is 1.44 bits per heavy atom. The lowest BCUT2D eigenvalue weighted by atomic mass is 9.91. The zero-order valence-electron chi connectivity index (χ0n) is 10.3. The predicted octanol–water partition coefficient (Wildman–Crippen LogP) is 0.182. The van der Waals surface area contributed by atoms with Crippen LogP contribution < -0.4 is 11.1 Å². The Bertz CT molecular complexity index is 273. The Labute approximate surface area is 97.6 Å². The van der Waals surface area contributed by atoms with Gasteiger partial charge in [-0.05, 0) is 51.6 Å². The molecule has 16 heavy (non-hydrogen) atoms. The number of hydrogen-bond acceptors (Lipinski definition) is 3. The predicted molar refractivity (Wildman–Crippen MR) is 63.9 cm³/mol. The summed E-state index contributed by atoms with van der Waals surface area (Å²) in [6, 6.07) is 0. The minimum absolute atomic E-state index is 0.194. The first-order valence-electron chi connectivity index (χ1n) is 6.26. The lowest BCUT2D eigenvalue weighted by molar-refractivity contribution is -0.125. The molecule has 2 fully saturated rings. The molecule has 0 aromatic rings. The standard InChI is InChI=1S/C12H23N3O/c1-14-12(11(13)16,10-5-6-10)8-15(2)7-9-3-4-9/h9-10,14H,3-8H2,1-2H3,(H2,13,16). The van der Waals surface area contributed by atoms with Crippen molar-refractivity contribution in [3.05, 3.63) is 0 Å². The van der Waals surface area contributed by atoms with Crippen LogP contribution >= 0.6 is 0 Å². The molecule has 1 unspecified atom stereocenters. The van der Waals surface area contributed by atoms with Gasteiger partial charge in [-0.15, -0.1) is 0 Å². The highest BCUT2D eigenvalue weighted by Crippen LogP contribution is 2.40. The Morgan fingerprint density at radius 3 is 2.44 bits per heavy atom. The number of rotatable bonds is 7. The normalized spacial score (nSPS) is 24.4. The van der Waals surface area contributed by atoms with Gasteiger partial charge in [0.1, 0.15) is 5.54 Å². The molecule has 1 amide bonds. The SMILES string of the molecule is CNC(CN(C)CC1CC1)(C(N)=O)C1CC1. The molecule has 0 aromatic heterocycles. The highest BCUT2D eigenvalue weighted by molar-refractivity contribution is 5.85. The summed E-state index contributed by atoms with van der Waals surface area (Å²) in [4.78, 5) is 14.0. The molecule has 4 heteroatoms. The van der Waals surface area contributed by atoms with Crippen molar-refractivity contribution < 1.29 is 4.79 Å². The van der Waals surface area contributed by atoms with Crippen LogP contribution in [0.25, 0.3) is 0 Å². The van der Waals surface area contributed by atoms with Crippen LogP contribution in [0.5, 0.6) is 0 Å². The summed E-state index contributed by atoms with van der Waals surface area (Å²) < 4.78 is 0. The van der Waals surface area contributed by atoms with Crippen LogP contribution in [0, 0.1) is 11.8 Å². The summed E-state index contributed by atoms with van der Waals surface area (Å²) in [5, 5.41) is 3.19. The number of primary amides is 1. The average Bonchev–Trinajstić information content (AvgIpc) is 3.04. The first kappa shape index (κ1) is 11.9. The lowest BCUT2D eigenvalue weighted by Gasteiger charge is -2.34. The lowest BCUT2D eigenvalue weighted by Crippen LogP contribution is -2.61. The quantitative estimate of drug-likeness (QED) is 0.650. The van der Waals surface area contributed by atoms with Gasteiger partial charge in [-0.3, -0.25) is 4.79 Å². The highest BCUT2D eigenvalue weighted by Gasteiger charge is 2.49. The van der Waals surface area contributed by atoms with E-state index in [0.717, 1.165) is 31.8 Å². The van der Waals surface area contributed by atoms with Gasteiger partial charge in [0.15, 0.2) is 0 Å². The molecule has 3 N–H and O–H groups in total. The fourth-order valence-corrected chi connectivity index (χ4v) is 2.62. The van der Waals surface area contributed by atoms with E-state index in [-0.39, 0.29) is 5.91 Å².